The van der Waals surface area contributed by atoms with Gasteiger partial charge in [0.05, 0.1) is 16.3 Å². The van der Waals surface area contributed by atoms with E-state index in [0.717, 1.165) is 5.56 Å². The van der Waals surface area contributed by atoms with Crippen molar-refractivity contribution in [2.45, 2.75) is 4.90 Å². The minimum absolute atomic E-state index is 0.147. The molecular weight excluding hydrogens is 284 g/mol. The van der Waals surface area contributed by atoms with Gasteiger partial charge in [0, 0.05) is 11.8 Å². The molecule has 5 heteroatoms. The van der Waals surface area contributed by atoms with Crippen LogP contribution in [0.5, 0.6) is 0 Å². The Labute approximate surface area is 123 Å². The van der Waals surface area contributed by atoms with E-state index in [9.17, 15) is 8.42 Å². The summed E-state index contributed by atoms with van der Waals surface area (Å²) in [4.78, 5) is 4.89. The molecule has 2 aromatic carbocycles. The fraction of sp³-hybridized carbons (Fsp3) is 0.0625. The topological polar surface area (TPSA) is 58.5 Å². The highest BCUT2D eigenvalue weighted by Gasteiger charge is 2.22. The van der Waals surface area contributed by atoms with Crippen LogP contribution in [-0.4, -0.2) is 20.8 Å². The van der Waals surface area contributed by atoms with Gasteiger partial charge >= 0.3 is 0 Å². The van der Waals surface area contributed by atoms with Crippen LogP contribution in [0, 0.1) is 0 Å². The average molecular weight is 298 g/mol. The number of rotatable bonds is 3. The molecule has 1 N–H and O–H groups in total. The quantitative estimate of drug-likeness (QED) is 0.946. The van der Waals surface area contributed by atoms with Gasteiger partial charge in [-0.05, 0) is 12.1 Å². The maximum absolute atomic E-state index is 12.5. The molecule has 21 heavy (non-hydrogen) atoms. The number of hydrogen-bond acceptors (Lipinski definition) is 4. The second-order valence-corrected chi connectivity index (χ2v) is 6.60. The second-order valence-electron chi connectivity index (χ2n) is 4.60. The zero-order valence-electron chi connectivity index (χ0n) is 11.2. The average Bonchev–Trinajstić information content (AvgIpc) is 2.57. The molecule has 0 unspecified atom stereocenters. The molecule has 0 fully saturated rings. The first-order chi connectivity index (χ1) is 10.2. The first-order valence-electron chi connectivity index (χ1n) is 6.53. The third kappa shape index (κ3) is 2.73. The van der Waals surface area contributed by atoms with Crippen LogP contribution in [0.25, 0.3) is 0 Å². The molecule has 0 saturated carbocycles. The van der Waals surface area contributed by atoms with Gasteiger partial charge in [0.25, 0.3) is 0 Å². The Balaban J connectivity index is 1.84. The third-order valence-corrected chi connectivity index (χ3v) is 5.04. The Bertz CT molecular complexity index is 795. The molecule has 4 nitrogen and oxygen atoms in total. The molecule has 1 aliphatic heterocycles. The fourth-order valence-corrected chi connectivity index (χ4v) is 3.35. The molecule has 1 heterocycles. The number of benzene rings is 2. The molecule has 2 aromatic rings. The summed E-state index contributed by atoms with van der Waals surface area (Å²) in [6, 6.07) is 18.0. The highest BCUT2D eigenvalue weighted by atomic mass is 32.2. The van der Waals surface area contributed by atoms with Crippen molar-refractivity contribution in [2.24, 2.45) is 4.99 Å². The Morgan fingerprint density at radius 2 is 1.52 bits per heavy atom. The molecule has 0 saturated heterocycles. The zero-order chi connectivity index (χ0) is 14.7. The van der Waals surface area contributed by atoms with Gasteiger partial charge in [-0.3, -0.25) is 4.99 Å². The normalized spacial score (nSPS) is 14.9. The number of aliphatic imine (C=N–C) groups is 1. The molecule has 0 spiro atoms. The molecule has 3 rings (SSSR count). The molecule has 0 aromatic heterocycles. The number of sulfone groups is 1. The summed E-state index contributed by atoms with van der Waals surface area (Å²) >= 11 is 0. The summed E-state index contributed by atoms with van der Waals surface area (Å²) in [5, 5.41) is 2.97. The molecule has 0 bridgehead atoms. The summed E-state index contributed by atoms with van der Waals surface area (Å²) in [7, 11) is -3.48. The standard InChI is InChI=1S/C16H14N2O2S/c19-21(20,14-9-5-2-6-10-14)15-11-17-16(18-12-15)13-7-3-1-4-8-13/h1-11H,12H2,(H,17,18). The van der Waals surface area contributed by atoms with Gasteiger partial charge in [-0.25, -0.2) is 8.42 Å². The number of nitrogens with one attached hydrogen (secondary N) is 1. The summed E-state index contributed by atoms with van der Waals surface area (Å²) in [5.41, 5.74) is 0.935. The van der Waals surface area contributed by atoms with Gasteiger partial charge < -0.3 is 5.32 Å². The van der Waals surface area contributed by atoms with Crippen LogP contribution in [0.4, 0.5) is 0 Å². The lowest BCUT2D eigenvalue weighted by atomic mass is 10.2. The predicted molar refractivity (Wildman–Crippen MR) is 82.7 cm³/mol. The van der Waals surface area contributed by atoms with E-state index in [2.05, 4.69) is 10.3 Å². The fourth-order valence-electron chi connectivity index (χ4n) is 2.08. The lowest BCUT2D eigenvalue weighted by molar-refractivity contribution is 0.601. The van der Waals surface area contributed by atoms with Crippen LogP contribution < -0.4 is 5.32 Å². The summed E-state index contributed by atoms with van der Waals surface area (Å²) in [5.74, 6) is 0.683. The maximum Gasteiger partial charge on any atom is 0.206 e. The molecule has 0 aliphatic carbocycles. The highest BCUT2D eigenvalue weighted by molar-refractivity contribution is 7.95. The molecule has 0 atom stereocenters. The lowest BCUT2D eigenvalue weighted by Gasteiger charge is -2.15. The number of amidine groups is 1. The van der Waals surface area contributed by atoms with E-state index in [1.54, 1.807) is 30.3 Å². The Kier molecular flexibility index (Phi) is 3.58. The Hall–Kier alpha value is -2.40. The summed E-state index contributed by atoms with van der Waals surface area (Å²) in [6.45, 7) is 0.147. The highest BCUT2D eigenvalue weighted by Crippen LogP contribution is 2.20. The van der Waals surface area contributed by atoms with E-state index in [4.69, 9.17) is 0 Å². The monoisotopic (exact) mass is 298 g/mol. The van der Waals surface area contributed by atoms with E-state index in [1.807, 2.05) is 30.3 Å². The van der Waals surface area contributed by atoms with Crippen molar-refractivity contribution in [1.29, 1.82) is 0 Å². The Morgan fingerprint density at radius 1 is 0.905 bits per heavy atom. The van der Waals surface area contributed by atoms with Crippen LogP contribution in [0.1, 0.15) is 5.56 Å². The first kappa shape index (κ1) is 13.6. The van der Waals surface area contributed by atoms with Crippen LogP contribution >= 0.6 is 0 Å². The molecule has 106 valence electrons. The van der Waals surface area contributed by atoms with Crippen LogP contribution in [-0.2, 0) is 9.84 Å². The molecular formula is C16H14N2O2S. The van der Waals surface area contributed by atoms with Crippen molar-refractivity contribution in [3.05, 3.63) is 77.3 Å². The Morgan fingerprint density at radius 3 is 2.10 bits per heavy atom. The van der Waals surface area contributed by atoms with E-state index < -0.39 is 9.84 Å². The van der Waals surface area contributed by atoms with E-state index in [-0.39, 0.29) is 16.3 Å². The minimum atomic E-state index is -3.48. The van der Waals surface area contributed by atoms with E-state index >= 15 is 0 Å². The summed E-state index contributed by atoms with van der Waals surface area (Å²) < 4.78 is 24.9. The first-order valence-corrected chi connectivity index (χ1v) is 8.02. The van der Waals surface area contributed by atoms with Gasteiger partial charge in [-0.1, -0.05) is 48.5 Å². The van der Waals surface area contributed by atoms with E-state index in [0.29, 0.717) is 5.84 Å². The number of hydrogen-bond donors (Lipinski definition) is 1. The van der Waals surface area contributed by atoms with Crippen molar-refractivity contribution in [1.82, 2.24) is 5.32 Å². The molecule has 1 aliphatic rings. The van der Waals surface area contributed by atoms with Crippen LogP contribution in [0.3, 0.4) is 0 Å². The van der Waals surface area contributed by atoms with Gasteiger partial charge in [-0.15, -0.1) is 0 Å². The van der Waals surface area contributed by atoms with Crippen LogP contribution in [0.2, 0.25) is 0 Å². The zero-order valence-corrected chi connectivity index (χ0v) is 12.0. The predicted octanol–water partition coefficient (Wildman–Crippen LogP) is 2.35. The smallest absolute Gasteiger partial charge is 0.206 e. The van der Waals surface area contributed by atoms with Gasteiger partial charge in [0.2, 0.25) is 9.84 Å². The SMILES string of the molecule is O=S(=O)(C1=CNC(c2ccccc2)=NC1)c1ccccc1. The maximum atomic E-state index is 12.5. The molecule has 0 amide bonds. The largest absolute Gasteiger partial charge is 0.345 e. The minimum Gasteiger partial charge on any atom is -0.345 e. The van der Waals surface area contributed by atoms with Crippen LogP contribution in [0.15, 0.2) is 81.7 Å². The third-order valence-electron chi connectivity index (χ3n) is 3.21. The number of nitrogens with zero attached hydrogens (tertiary/aromatic N) is 1. The molecule has 0 radical (unpaired) electrons. The second kappa shape index (κ2) is 5.54. The van der Waals surface area contributed by atoms with Crippen molar-refractivity contribution >= 4 is 15.7 Å². The van der Waals surface area contributed by atoms with Crippen molar-refractivity contribution in [2.75, 3.05) is 6.54 Å². The van der Waals surface area contributed by atoms with Crippen molar-refractivity contribution < 1.29 is 8.42 Å². The van der Waals surface area contributed by atoms with Crippen molar-refractivity contribution in [3.63, 3.8) is 0 Å². The lowest BCUT2D eigenvalue weighted by Crippen LogP contribution is -2.26. The van der Waals surface area contributed by atoms with Gasteiger partial charge in [0.1, 0.15) is 5.84 Å². The summed E-state index contributed by atoms with van der Waals surface area (Å²) in [6.07, 6.45) is 1.53. The van der Waals surface area contributed by atoms with Gasteiger partial charge in [0.15, 0.2) is 0 Å². The van der Waals surface area contributed by atoms with Crippen molar-refractivity contribution in [3.8, 4) is 0 Å². The van der Waals surface area contributed by atoms with Gasteiger partial charge in [-0.2, -0.15) is 0 Å². The van der Waals surface area contributed by atoms with E-state index in [1.165, 1.54) is 6.20 Å².